The number of phenolic OH excluding ortho intramolecular Hbond substituents is 6. The maximum atomic E-state index is 9.88. The molecule has 2 aromatic rings. The molecule has 0 radical (unpaired) electrons. The monoisotopic (exact) mass is 418 g/mol. The average Bonchev–Trinajstić information content (AvgIpc) is 2.69. The van der Waals surface area contributed by atoms with E-state index in [1.165, 1.54) is 24.3 Å². The summed E-state index contributed by atoms with van der Waals surface area (Å²) in [4.78, 5) is 0. The van der Waals surface area contributed by atoms with Crippen LogP contribution in [0, 0.1) is 11.8 Å². The molecule has 2 aromatic carbocycles. The zero-order valence-corrected chi connectivity index (χ0v) is 17.8. The Labute approximate surface area is 178 Å². The van der Waals surface area contributed by atoms with Crippen molar-refractivity contribution in [2.45, 2.75) is 65.2 Å². The third-order valence-electron chi connectivity index (χ3n) is 5.76. The Hall–Kier alpha value is -2.76. The summed E-state index contributed by atoms with van der Waals surface area (Å²) in [6.07, 6.45) is 7.41. The lowest BCUT2D eigenvalue weighted by molar-refractivity contribution is 0.278. The normalized spacial score (nSPS) is 13.3. The summed E-state index contributed by atoms with van der Waals surface area (Å²) in [6, 6.07) is 5.95. The second-order valence-corrected chi connectivity index (χ2v) is 8.18. The van der Waals surface area contributed by atoms with Gasteiger partial charge < -0.3 is 30.6 Å². The Morgan fingerprint density at radius 3 is 1.33 bits per heavy atom. The molecule has 0 saturated heterocycles. The van der Waals surface area contributed by atoms with E-state index in [9.17, 15) is 30.6 Å². The van der Waals surface area contributed by atoms with Gasteiger partial charge in [0.2, 0.25) is 0 Å². The van der Waals surface area contributed by atoms with Crippen LogP contribution in [-0.4, -0.2) is 30.6 Å². The van der Waals surface area contributed by atoms with Crippen LogP contribution in [0.5, 0.6) is 34.5 Å². The van der Waals surface area contributed by atoms with Gasteiger partial charge >= 0.3 is 0 Å². The van der Waals surface area contributed by atoms with Crippen LogP contribution in [0.25, 0.3) is 0 Å². The molecule has 0 aromatic heterocycles. The van der Waals surface area contributed by atoms with E-state index in [1.807, 2.05) is 0 Å². The van der Waals surface area contributed by atoms with E-state index in [2.05, 4.69) is 13.8 Å². The first-order chi connectivity index (χ1) is 14.3. The average molecular weight is 419 g/mol. The highest BCUT2D eigenvalue weighted by molar-refractivity contribution is 5.52. The number of hydrogen-bond donors (Lipinski definition) is 6. The number of hydrogen-bond acceptors (Lipinski definition) is 6. The molecule has 0 saturated carbocycles. The minimum Gasteiger partial charge on any atom is -0.504 e. The molecule has 0 aliphatic heterocycles. The van der Waals surface area contributed by atoms with Gasteiger partial charge in [-0.2, -0.15) is 0 Å². The van der Waals surface area contributed by atoms with E-state index in [0.29, 0.717) is 12.8 Å². The topological polar surface area (TPSA) is 121 Å². The molecule has 0 bridgehead atoms. The van der Waals surface area contributed by atoms with Gasteiger partial charge in [-0.3, -0.25) is 0 Å². The lowest BCUT2D eigenvalue weighted by Gasteiger charge is -2.28. The number of benzene rings is 2. The minimum atomic E-state index is -0.514. The van der Waals surface area contributed by atoms with Crippen LogP contribution >= 0.6 is 0 Å². The second-order valence-electron chi connectivity index (χ2n) is 8.18. The fourth-order valence-corrected chi connectivity index (χ4v) is 4.20. The molecule has 0 fully saturated rings. The van der Waals surface area contributed by atoms with Crippen molar-refractivity contribution in [3.05, 3.63) is 35.4 Å². The minimum absolute atomic E-state index is 0.244. The molecule has 6 heteroatoms. The van der Waals surface area contributed by atoms with Crippen LogP contribution in [0.2, 0.25) is 0 Å². The van der Waals surface area contributed by atoms with Crippen LogP contribution in [0.1, 0.15) is 63.5 Å². The molecule has 0 aliphatic rings. The second kappa shape index (κ2) is 10.9. The smallest absolute Gasteiger partial charge is 0.200 e. The van der Waals surface area contributed by atoms with Crippen molar-refractivity contribution in [1.29, 1.82) is 0 Å². The first-order valence-corrected chi connectivity index (χ1v) is 10.7. The summed E-state index contributed by atoms with van der Waals surface area (Å²) in [7, 11) is 0. The van der Waals surface area contributed by atoms with Crippen molar-refractivity contribution < 1.29 is 30.6 Å². The number of rotatable bonds is 11. The molecule has 6 N–H and O–H groups in total. The third-order valence-corrected chi connectivity index (χ3v) is 5.76. The van der Waals surface area contributed by atoms with E-state index < -0.39 is 11.5 Å². The number of phenols is 6. The van der Waals surface area contributed by atoms with Gasteiger partial charge in [0.1, 0.15) is 0 Å². The van der Waals surface area contributed by atoms with Gasteiger partial charge in [0.05, 0.1) is 0 Å². The van der Waals surface area contributed by atoms with Gasteiger partial charge in [-0.1, -0.05) is 46.0 Å². The summed E-state index contributed by atoms with van der Waals surface area (Å²) in [5.41, 5.74) is 1.50. The van der Waals surface area contributed by atoms with E-state index >= 15 is 0 Å². The molecule has 0 spiro atoms. The molecule has 2 atom stereocenters. The van der Waals surface area contributed by atoms with Crippen LogP contribution < -0.4 is 0 Å². The molecular formula is C24H34O6. The maximum absolute atomic E-state index is 9.88. The predicted molar refractivity (Wildman–Crippen MR) is 116 cm³/mol. The highest BCUT2D eigenvalue weighted by atomic mass is 16.3. The molecule has 0 unspecified atom stereocenters. The molecule has 6 nitrogen and oxygen atoms in total. The highest BCUT2D eigenvalue weighted by Crippen LogP contribution is 2.40. The Bertz CT molecular complexity index is 786. The van der Waals surface area contributed by atoms with Crippen molar-refractivity contribution >= 4 is 0 Å². The lowest BCUT2D eigenvalue weighted by Crippen LogP contribution is -2.20. The van der Waals surface area contributed by atoms with Crippen LogP contribution in [0.15, 0.2) is 24.3 Å². The molecule has 0 heterocycles. The standard InChI is InChI=1S/C24H34O6/c1-3-5-6-8-18(10-16-13-21(27)24(30)22(28)14-16)17(7-4-2)9-15-11-19(25)23(29)20(26)12-15/h11-14,17-18,25-30H,3-10H2,1-2H3/t17-,18-/m1/s1. The van der Waals surface area contributed by atoms with Crippen molar-refractivity contribution in [3.63, 3.8) is 0 Å². The Morgan fingerprint density at radius 1 is 0.567 bits per heavy atom. The van der Waals surface area contributed by atoms with Crippen molar-refractivity contribution in [3.8, 4) is 34.5 Å². The fraction of sp³-hybridized carbons (Fsp3) is 0.500. The zero-order chi connectivity index (χ0) is 22.3. The quantitative estimate of drug-likeness (QED) is 0.217. The maximum Gasteiger partial charge on any atom is 0.200 e. The molecule has 0 aliphatic carbocycles. The largest absolute Gasteiger partial charge is 0.504 e. The zero-order valence-electron chi connectivity index (χ0n) is 17.8. The van der Waals surface area contributed by atoms with Crippen LogP contribution in [-0.2, 0) is 12.8 Å². The SMILES string of the molecule is CCCCC[C@H](Cc1cc(O)c(O)c(O)c1)[C@H](CCC)Cc1cc(O)c(O)c(O)c1. The molecule has 2 rings (SSSR count). The van der Waals surface area contributed by atoms with E-state index in [-0.39, 0.29) is 34.8 Å². The van der Waals surface area contributed by atoms with Crippen molar-refractivity contribution in [2.75, 3.05) is 0 Å². The highest BCUT2D eigenvalue weighted by Gasteiger charge is 2.23. The van der Waals surface area contributed by atoms with E-state index in [4.69, 9.17) is 0 Å². The van der Waals surface area contributed by atoms with Crippen LogP contribution in [0.4, 0.5) is 0 Å². The van der Waals surface area contributed by atoms with Crippen molar-refractivity contribution in [2.24, 2.45) is 11.8 Å². The van der Waals surface area contributed by atoms with Gasteiger partial charge in [0.15, 0.2) is 34.5 Å². The molecule has 30 heavy (non-hydrogen) atoms. The third kappa shape index (κ3) is 6.12. The fourth-order valence-electron chi connectivity index (χ4n) is 4.20. The van der Waals surface area contributed by atoms with Crippen molar-refractivity contribution in [1.82, 2.24) is 0 Å². The number of unbranched alkanes of at least 4 members (excludes halogenated alkanes) is 2. The molecule has 166 valence electrons. The summed E-state index contributed by atoms with van der Waals surface area (Å²) < 4.78 is 0. The summed E-state index contributed by atoms with van der Waals surface area (Å²) in [5, 5.41) is 58.8. The summed E-state index contributed by atoms with van der Waals surface area (Å²) >= 11 is 0. The molecular weight excluding hydrogens is 384 g/mol. The first kappa shape index (κ1) is 23.5. The molecule has 0 amide bonds. The van der Waals surface area contributed by atoms with Gasteiger partial charge in [-0.05, 0) is 66.5 Å². The predicted octanol–water partition coefficient (Wildman–Crippen LogP) is 5.32. The lowest BCUT2D eigenvalue weighted by atomic mass is 9.77. The van der Waals surface area contributed by atoms with Gasteiger partial charge in [0.25, 0.3) is 0 Å². The van der Waals surface area contributed by atoms with E-state index in [1.54, 1.807) is 0 Å². The van der Waals surface area contributed by atoms with E-state index in [0.717, 1.165) is 49.7 Å². The Morgan fingerprint density at radius 2 is 0.967 bits per heavy atom. The number of aromatic hydroxyl groups is 6. The first-order valence-electron chi connectivity index (χ1n) is 10.7. The summed E-state index contributed by atoms with van der Waals surface area (Å²) in [6.45, 7) is 4.26. The van der Waals surface area contributed by atoms with Gasteiger partial charge in [0, 0.05) is 0 Å². The Kier molecular flexibility index (Phi) is 8.51. The van der Waals surface area contributed by atoms with Gasteiger partial charge in [-0.25, -0.2) is 0 Å². The van der Waals surface area contributed by atoms with Gasteiger partial charge in [-0.15, -0.1) is 0 Å². The van der Waals surface area contributed by atoms with Crippen LogP contribution in [0.3, 0.4) is 0 Å². The summed E-state index contributed by atoms with van der Waals surface area (Å²) in [5.74, 6) is -1.88. The Balaban J connectivity index is 2.30.